The molecule has 0 rings (SSSR count). The van der Waals surface area contributed by atoms with Crippen molar-refractivity contribution < 1.29 is 37.0 Å². The van der Waals surface area contributed by atoms with E-state index in [1.54, 1.807) is 0 Å². The molecule has 0 aliphatic heterocycles. The Morgan fingerprint density at radius 1 is 0.800 bits per heavy atom. The van der Waals surface area contributed by atoms with Crippen molar-refractivity contribution >= 4 is 10.4 Å². The molecule has 10 heavy (non-hydrogen) atoms. The summed E-state index contributed by atoms with van der Waals surface area (Å²) in [5.74, 6) is 0. The standard InChI is InChI=1S/4H2N.H2O4S.Zn/c;;;;1-5(2,3)4;/h4*1H2;(H2,1,2,3,4);/q4*-1;;+2/p-2. The van der Waals surface area contributed by atoms with Crippen LogP contribution in [0.3, 0.4) is 0 Å². The Labute approximate surface area is 72.4 Å². The normalized spacial score (nSPS) is 5.80. The third-order valence-corrected chi connectivity index (χ3v) is 0. The summed E-state index contributed by atoms with van der Waals surface area (Å²) in [6.07, 6.45) is 0. The van der Waals surface area contributed by atoms with Crippen molar-refractivity contribution in [1.29, 1.82) is 0 Å². The van der Waals surface area contributed by atoms with E-state index in [2.05, 4.69) is 0 Å². The molecule has 0 amide bonds. The average molecular weight is 226 g/mol. The van der Waals surface area contributed by atoms with E-state index >= 15 is 0 Å². The molecule has 0 aromatic rings. The maximum atomic E-state index is 8.52. The van der Waals surface area contributed by atoms with Crippen LogP contribution in [0, 0.1) is 0 Å². The first-order valence-electron chi connectivity index (χ1n) is 0.667. The van der Waals surface area contributed by atoms with Crippen LogP contribution >= 0.6 is 0 Å². The van der Waals surface area contributed by atoms with E-state index in [0.29, 0.717) is 0 Å². The fourth-order valence-corrected chi connectivity index (χ4v) is 0. The molecule has 10 heteroatoms. The summed E-state index contributed by atoms with van der Waals surface area (Å²) < 4.78 is 34.1. The quantitative estimate of drug-likeness (QED) is 0.340. The minimum Gasteiger partial charge on any atom is -0.759 e. The molecule has 0 aromatic heterocycles. The molecule has 8 N–H and O–H groups in total. The van der Waals surface area contributed by atoms with Crippen LogP contribution in [0.2, 0.25) is 0 Å². The van der Waals surface area contributed by atoms with Crippen LogP contribution < -0.4 is 0 Å². The van der Waals surface area contributed by atoms with Gasteiger partial charge in [0.1, 0.15) is 0 Å². The Balaban J connectivity index is -0.00000000800. The van der Waals surface area contributed by atoms with Gasteiger partial charge in [-0.2, -0.15) is 0 Å². The fourth-order valence-electron chi connectivity index (χ4n) is 0. The van der Waals surface area contributed by atoms with Crippen molar-refractivity contribution in [2.75, 3.05) is 0 Å². The van der Waals surface area contributed by atoms with Crippen LogP contribution in [-0.2, 0) is 29.9 Å². The Morgan fingerprint density at radius 2 is 0.800 bits per heavy atom. The summed E-state index contributed by atoms with van der Waals surface area (Å²) in [5, 5.41) is 0. The molecule has 0 heterocycles. The van der Waals surface area contributed by atoms with Crippen molar-refractivity contribution in [3.05, 3.63) is 24.6 Å². The molecule has 0 saturated heterocycles. The van der Waals surface area contributed by atoms with E-state index in [1.807, 2.05) is 0 Å². The van der Waals surface area contributed by atoms with E-state index < -0.39 is 10.4 Å². The van der Waals surface area contributed by atoms with Gasteiger partial charge in [-0.25, -0.2) is 0 Å². The summed E-state index contributed by atoms with van der Waals surface area (Å²) >= 11 is 0. The van der Waals surface area contributed by atoms with Gasteiger partial charge in [0, 0.05) is 10.4 Å². The van der Waals surface area contributed by atoms with Crippen molar-refractivity contribution in [3.63, 3.8) is 0 Å². The molecule has 0 spiro atoms. The van der Waals surface area contributed by atoms with Crippen LogP contribution in [0.5, 0.6) is 0 Å². The van der Waals surface area contributed by atoms with Crippen LogP contribution in [0.4, 0.5) is 0 Å². The smallest absolute Gasteiger partial charge is 0.759 e. The molecule has 0 radical (unpaired) electrons. The van der Waals surface area contributed by atoms with Gasteiger partial charge in [0.15, 0.2) is 0 Å². The van der Waals surface area contributed by atoms with Gasteiger partial charge in [0.2, 0.25) is 0 Å². The monoisotopic (exact) mass is 224 g/mol. The minimum absolute atomic E-state index is 0. The van der Waals surface area contributed by atoms with Crippen molar-refractivity contribution in [2.45, 2.75) is 0 Å². The SMILES string of the molecule is O=S(=O)([O-])[O-].[NH2-].[NH2-].[NH2-].[NH2-].[Zn+2]. The summed E-state index contributed by atoms with van der Waals surface area (Å²) in [5.41, 5.74) is 0. The zero-order valence-corrected chi connectivity index (χ0v) is 8.84. The summed E-state index contributed by atoms with van der Waals surface area (Å²) in [7, 11) is -5.17. The Morgan fingerprint density at radius 3 is 0.800 bits per heavy atom. The van der Waals surface area contributed by atoms with Gasteiger partial charge >= 0.3 is 19.5 Å². The van der Waals surface area contributed by atoms with Gasteiger partial charge in [-0.3, -0.25) is 8.42 Å². The molecule has 0 bridgehead atoms. The van der Waals surface area contributed by atoms with Crippen LogP contribution in [-0.4, -0.2) is 17.5 Å². The molecule has 0 unspecified atom stereocenters. The largest absolute Gasteiger partial charge is 2.00 e. The zero-order valence-electron chi connectivity index (χ0n) is 5.06. The Kier molecular flexibility index (Phi) is 77.5. The summed E-state index contributed by atoms with van der Waals surface area (Å²) in [6.45, 7) is 0. The molecule has 8 nitrogen and oxygen atoms in total. The van der Waals surface area contributed by atoms with Gasteiger partial charge in [0.05, 0.1) is 0 Å². The van der Waals surface area contributed by atoms with Gasteiger partial charge in [0.25, 0.3) is 0 Å². The van der Waals surface area contributed by atoms with Crippen molar-refractivity contribution in [2.24, 2.45) is 0 Å². The van der Waals surface area contributed by atoms with E-state index in [1.165, 1.54) is 0 Å². The first kappa shape index (κ1) is 47.9. The van der Waals surface area contributed by atoms with E-state index in [-0.39, 0.29) is 44.1 Å². The fraction of sp³-hybridized carbons (Fsp3) is 0. The second kappa shape index (κ2) is 16.2. The second-order valence-corrected chi connectivity index (χ2v) is 1.22. The van der Waals surface area contributed by atoms with Crippen LogP contribution in [0.1, 0.15) is 0 Å². The third kappa shape index (κ3) is 4030. The van der Waals surface area contributed by atoms with Crippen LogP contribution in [0.15, 0.2) is 0 Å². The molecule has 0 fully saturated rings. The van der Waals surface area contributed by atoms with E-state index in [4.69, 9.17) is 17.5 Å². The maximum Gasteiger partial charge on any atom is 2.00 e. The second-order valence-electron chi connectivity index (χ2n) is 0.408. The molecule has 0 aliphatic rings. The Bertz CT molecular complexity index is 100. The number of hydrogen-bond donors (Lipinski definition) is 0. The first-order chi connectivity index (χ1) is 2.00. The van der Waals surface area contributed by atoms with Gasteiger partial charge < -0.3 is 33.7 Å². The van der Waals surface area contributed by atoms with E-state index in [0.717, 1.165) is 0 Å². The topological polar surface area (TPSA) is 214 Å². The predicted octanol–water partition coefficient (Wildman–Crippen LogP) is 1.53. The average Bonchev–Trinajstić information content (AvgIpc) is 0.722. The van der Waals surface area contributed by atoms with Gasteiger partial charge in [-0.05, 0) is 0 Å². The van der Waals surface area contributed by atoms with Gasteiger partial charge in [-0.1, -0.05) is 0 Å². The summed E-state index contributed by atoms with van der Waals surface area (Å²) in [4.78, 5) is 0. The predicted molar refractivity (Wildman–Crippen MR) is 31.6 cm³/mol. The van der Waals surface area contributed by atoms with E-state index in [9.17, 15) is 0 Å². The van der Waals surface area contributed by atoms with Crippen LogP contribution in [0.25, 0.3) is 24.6 Å². The number of hydrogen-bond acceptors (Lipinski definition) is 4. The molecule has 64 valence electrons. The Hall–Kier alpha value is 0.333. The van der Waals surface area contributed by atoms with Crippen molar-refractivity contribution in [1.82, 2.24) is 0 Å². The number of nitrogens with two attached hydrogens (primary N) is 4. The maximum absolute atomic E-state index is 8.52. The van der Waals surface area contributed by atoms with Crippen molar-refractivity contribution in [3.8, 4) is 0 Å². The molecular weight excluding hydrogens is 217 g/mol. The minimum atomic E-state index is -5.17. The third-order valence-electron chi connectivity index (χ3n) is 0. The molecule has 0 saturated carbocycles. The van der Waals surface area contributed by atoms with Gasteiger partial charge in [-0.15, -0.1) is 0 Å². The first-order valence-corrected chi connectivity index (χ1v) is 2.00. The summed E-state index contributed by atoms with van der Waals surface area (Å²) in [6, 6.07) is 0. The molecular formula is H8N4O4SZn-4. The molecule has 0 aliphatic carbocycles. The number of rotatable bonds is 0. The molecule has 0 atom stereocenters. The zero-order chi connectivity index (χ0) is 4.50. The molecule has 0 aromatic carbocycles.